The first kappa shape index (κ1) is 10.7. The van der Waals surface area contributed by atoms with Crippen LogP contribution in [0.15, 0.2) is 18.6 Å². The lowest BCUT2D eigenvalue weighted by Crippen LogP contribution is -1.90. The Morgan fingerprint density at radius 1 is 1.50 bits per heavy atom. The van der Waals surface area contributed by atoms with Gasteiger partial charge in [-0.3, -0.25) is 9.97 Å². The number of ether oxygens (including phenoxy) is 1. The summed E-state index contributed by atoms with van der Waals surface area (Å²) in [5.41, 5.74) is 1.32. The summed E-state index contributed by atoms with van der Waals surface area (Å²) in [4.78, 5) is 13.0. The first-order valence-corrected chi connectivity index (χ1v) is 5.32. The SMILES string of the molecule is COCc1nc(-c2cnccn2)sc1C#N. The largest absolute Gasteiger partial charge is 0.378 e. The van der Waals surface area contributed by atoms with Gasteiger partial charge in [0.15, 0.2) is 0 Å². The van der Waals surface area contributed by atoms with E-state index in [9.17, 15) is 0 Å². The van der Waals surface area contributed by atoms with Gasteiger partial charge in [-0.05, 0) is 0 Å². The molecule has 0 N–H and O–H groups in total. The van der Waals surface area contributed by atoms with Gasteiger partial charge in [-0.25, -0.2) is 4.98 Å². The average Bonchev–Trinajstić information content (AvgIpc) is 2.74. The van der Waals surface area contributed by atoms with Gasteiger partial charge in [0.2, 0.25) is 0 Å². The van der Waals surface area contributed by atoms with Crippen molar-refractivity contribution >= 4 is 11.3 Å². The van der Waals surface area contributed by atoms with E-state index in [0.29, 0.717) is 27.9 Å². The summed E-state index contributed by atoms with van der Waals surface area (Å²) in [6.45, 7) is 0.333. The second-order valence-corrected chi connectivity index (χ2v) is 3.93. The summed E-state index contributed by atoms with van der Waals surface area (Å²) in [6.07, 6.45) is 4.81. The van der Waals surface area contributed by atoms with Crippen molar-refractivity contribution in [2.24, 2.45) is 0 Å². The maximum absolute atomic E-state index is 8.93. The molecule has 0 atom stereocenters. The van der Waals surface area contributed by atoms with Crippen molar-refractivity contribution in [1.82, 2.24) is 15.0 Å². The highest BCUT2D eigenvalue weighted by molar-refractivity contribution is 7.15. The normalized spacial score (nSPS) is 10.0. The molecule has 2 aromatic heterocycles. The van der Waals surface area contributed by atoms with E-state index in [-0.39, 0.29) is 0 Å². The molecule has 0 aliphatic heterocycles. The topological polar surface area (TPSA) is 71.7 Å². The van der Waals surface area contributed by atoms with Gasteiger partial charge in [-0.1, -0.05) is 0 Å². The van der Waals surface area contributed by atoms with Crippen LogP contribution in [0.4, 0.5) is 0 Å². The highest BCUT2D eigenvalue weighted by Crippen LogP contribution is 2.25. The second kappa shape index (κ2) is 4.79. The van der Waals surface area contributed by atoms with E-state index in [1.165, 1.54) is 11.3 Å². The lowest BCUT2D eigenvalue weighted by atomic mass is 10.4. The predicted octanol–water partition coefficient (Wildman–Crippen LogP) is 1.62. The zero-order valence-corrected chi connectivity index (χ0v) is 9.36. The van der Waals surface area contributed by atoms with Crippen LogP contribution in [0.3, 0.4) is 0 Å². The van der Waals surface area contributed by atoms with Crippen LogP contribution in [0.1, 0.15) is 10.6 Å². The number of nitriles is 1. The number of methoxy groups -OCH3 is 1. The van der Waals surface area contributed by atoms with Crippen molar-refractivity contribution in [2.75, 3.05) is 7.11 Å². The molecule has 0 saturated heterocycles. The minimum absolute atomic E-state index is 0.333. The molecule has 0 fully saturated rings. The van der Waals surface area contributed by atoms with Crippen LogP contribution in [-0.4, -0.2) is 22.1 Å². The number of nitrogens with zero attached hydrogens (tertiary/aromatic N) is 4. The summed E-state index contributed by atoms with van der Waals surface area (Å²) >= 11 is 1.30. The fourth-order valence-corrected chi connectivity index (χ4v) is 2.02. The number of hydrogen-bond donors (Lipinski definition) is 0. The van der Waals surface area contributed by atoms with Crippen molar-refractivity contribution in [3.05, 3.63) is 29.2 Å². The summed E-state index contributed by atoms with van der Waals surface area (Å²) in [5, 5.41) is 9.63. The lowest BCUT2D eigenvalue weighted by Gasteiger charge is -1.93. The van der Waals surface area contributed by atoms with Gasteiger partial charge in [0.05, 0.1) is 18.5 Å². The van der Waals surface area contributed by atoms with E-state index in [1.54, 1.807) is 25.7 Å². The van der Waals surface area contributed by atoms with Gasteiger partial charge >= 0.3 is 0 Å². The fourth-order valence-electron chi connectivity index (χ4n) is 1.19. The molecule has 5 nitrogen and oxygen atoms in total. The maximum atomic E-state index is 8.93. The number of aromatic nitrogens is 3. The summed E-state index contributed by atoms with van der Waals surface area (Å²) in [7, 11) is 1.57. The molecule has 0 unspecified atom stereocenters. The highest BCUT2D eigenvalue weighted by atomic mass is 32.1. The Hall–Kier alpha value is -1.84. The zero-order chi connectivity index (χ0) is 11.4. The molecule has 0 saturated carbocycles. The van der Waals surface area contributed by atoms with Crippen molar-refractivity contribution < 1.29 is 4.74 Å². The molecule has 0 bridgehead atoms. The van der Waals surface area contributed by atoms with E-state index in [1.807, 2.05) is 0 Å². The molecule has 0 spiro atoms. The smallest absolute Gasteiger partial charge is 0.145 e. The van der Waals surface area contributed by atoms with Crippen LogP contribution in [-0.2, 0) is 11.3 Å². The second-order valence-electron chi connectivity index (χ2n) is 2.93. The van der Waals surface area contributed by atoms with E-state index < -0.39 is 0 Å². The molecular formula is C10H8N4OS. The van der Waals surface area contributed by atoms with Crippen LogP contribution < -0.4 is 0 Å². The standard InChI is InChI=1S/C10H8N4OS/c1-15-6-8-9(4-11)16-10(14-8)7-5-12-2-3-13-7/h2-3,5H,6H2,1H3. The molecule has 0 aromatic carbocycles. The van der Waals surface area contributed by atoms with Gasteiger partial charge in [-0.2, -0.15) is 5.26 Å². The lowest BCUT2D eigenvalue weighted by molar-refractivity contribution is 0.182. The summed E-state index contributed by atoms with van der Waals surface area (Å²) in [6, 6.07) is 2.10. The van der Waals surface area contributed by atoms with Crippen molar-refractivity contribution in [1.29, 1.82) is 5.26 Å². The third-order valence-corrected chi connectivity index (χ3v) is 2.89. The van der Waals surface area contributed by atoms with E-state index >= 15 is 0 Å². The summed E-state index contributed by atoms with van der Waals surface area (Å²) in [5.74, 6) is 0. The minimum atomic E-state index is 0.333. The van der Waals surface area contributed by atoms with Gasteiger partial charge in [0, 0.05) is 19.5 Å². The van der Waals surface area contributed by atoms with Gasteiger partial charge < -0.3 is 4.74 Å². The molecular weight excluding hydrogens is 224 g/mol. The number of thiazole rings is 1. The van der Waals surface area contributed by atoms with E-state index in [2.05, 4.69) is 21.0 Å². The molecule has 0 aliphatic carbocycles. The number of hydrogen-bond acceptors (Lipinski definition) is 6. The first-order valence-electron chi connectivity index (χ1n) is 4.50. The van der Waals surface area contributed by atoms with E-state index in [4.69, 9.17) is 10.00 Å². The Kier molecular flexibility index (Phi) is 3.19. The van der Waals surface area contributed by atoms with Crippen LogP contribution in [0, 0.1) is 11.3 Å². The van der Waals surface area contributed by atoms with Crippen LogP contribution >= 0.6 is 11.3 Å². The van der Waals surface area contributed by atoms with Crippen LogP contribution in [0.25, 0.3) is 10.7 Å². The third kappa shape index (κ3) is 2.05. The molecule has 6 heteroatoms. The molecule has 16 heavy (non-hydrogen) atoms. The first-order chi connectivity index (χ1) is 7.85. The molecule has 2 aromatic rings. The Morgan fingerprint density at radius 3 is 3.00 bits per heavy atom. The van der Waals surface area contributed by atoms with Crippen molar-refractivity contribution in [3.63, 3.8) is 0 Å². The van der Waals surface area contributed by atoms with E-state index in [0.717, 1.165) is 0 Å². The maximum Gasteiger partial charge on any atom is 0.145 e. The van der Waals surface area contributed by atoms with Gasteiger partial charge in [0.25, 0.3) is 0 Å². The minimum Gasteiger partial charge on any atom is -0.378 e. The Bertz CT molecular complexity index is 517. The van der Waals surface area contributed by atoms with Crippen molar-refractivity contribution in [2.45, 2.75) is 6.61 Å². The molecule has 0 radical (unpaired) electrons. The highest BCUT2D eigenvalue weighted by Gasteiger charge is 2.12. The predicted molar refractivity (Wildman–Crippen MR) is 58.6 cm³/mol. The molecule has 0 aliphatic rings. The molecule has 2 rings (SSSR count). The molecule has 0 amide bonds. The van der Waals surface area contributed by atoms with Crippen molar-refractivity contribution in [3.8, 4) is 16.8 Å². The Balaban J connectivity index is 2.41. The molecule has 2 heterocycles. The van der Waals surface area contributed by atoms with Gasteiger partial charge in [-0.15, -0.1) is 11.3 Å². The summed E-state index contributed by atoms with van der Waals surface area (Å²) < 4.78 is 4.98. The van der Waals surface area contributed by atoms with Crippen LogP contribution in [0.5, 0.6) is 0 Å². The van der Waals surface area contributed by atoms with Crippen LogP contribution in [0.2, 0.25) is 0 Å². The fraction of sp³-hybridized carbons (Fsp3) is 0.200. The third-order valence-electron chi connectivity index (χ3n) is 1.86. The average molecular weight is 232 g/mol. The monoisotopic (exact) mass is 232 g/mol. The Labute approximate surface area is 96.4 Å². The zero-order valence-electron chi connectivity index (χ0n) is 8.54. The molecule has 80 valence electrons. The quantitative estimate of drug-likeness (QED) is 0.804. The number of rotatable bonds is 3. The Morgan fingerprint density at radius 2 is 2.38 bits per heavy atom. The van der Waals surface area contributed by atoms with Gasteiger partial charge in [0.1, 0.15) is 21.6 Å².